The van der Waals surface area contributed by atoms with Crippen LogP contribution in [0.1, 0.15) is 111 Å². The molecule has 6 fully saturated rings. The Morgan fingerprint density at radius 1 is 0.857 bits per heavy atom. The number of piperidine rings is 3. The number of aryl methyl sites for hydroxylation is 1. The van der Waals surface area contributed by atoms with Gasteiger partial charge < -0.3 is 34.6 Å². The topological polar surface area (TPSA) is 168 Å². The molecule has 2 unspecified atom stereocenters. The number of aromatic nitrogens is 3. The third-order valence-electron chi connectivity index (χ3n) is 17.5. The van der Waals surface area contributed by atoms with E-state index < -0.39 is 17.7 Å². The zero-order valence-electron chi connectivity index (χ0n) is 44.1. The first-order valence-electron chi connectivity index (χ1n) is 27.6. The van der Waals surface area contributed by atoms with Gasteiger partial charge >= 0.3 is 6.01 Å². The first-order valence-corrected chi connectivity index (χ1v) is 27.6. The van der Waals surface area contributed by atoms with Crippen molar-refractivity contribution in [3.63, 3.8) is 0 Å². The van der Waals surface area contributed by atoms with Gasteiger partial charge in [-0.2, -0.15) is 9.97 Å². The smallest absolute Gasteiger partial charge is 0.319 e. The van der Waals surface area contributed by atoms with Crippen LogP contribution in [0.2, 0.25) is 0 Å². The molecule has 0 spiro atoms. The Morgan fingerprint density at radius 3 is 2.40 bits per heavy atom. The number of rotatable bonds is 8. The zero-order chi connectivity index (χ0) is 52.5. The molecule has 1 radical (unpaired) electrons. The van der Waals surface area contributed by atoms with Gasteiger partial charge in [0.1, 0.15) is 35.5 Å². The van der Waals surface area contributed by atoms with Gasteiger partial charge in [0.15, 0.2) is 5.82 Å². The summed E-state index contributed by atoms with van der Waals surface area (Å²) >= 11 is 0. The fourth-order valence-electron chi connectivity index (χ4n) is 13.5. The van der Waals surface area contributed by atoms with Gasteiger partial charge in [-0.1, -0.05) is 43.0 Å². The van der Waals surface area contributed by atoms with Gasteiger partial charge in [-0.05, 0) is 131 Å². The van der Waals surface area contributed by atoms with Crippen molar-refractivity contribution < 1.29 is 70.5 Å². The molecule has 3 amide bonds. The van der Waals surface area contributed by atoms with Crippen molar-refractivity contribution in [1.82, 2.24) is 30.1 Å². The molecule has 2 atom stereocenters. The summed E-state index contributed by atoms with van der Waals surface area (Å²) in [6, 6.07) is 14.2. The molecule has 13 rings (SSSR count). The maximum atomic E-state index is 16.9. The van der Waals surface area contributed by atoms with Gasteiger partial charge in [0.05, 0.1) is 34.8 Å². The molecular weight excluding hydrogens is 1060 g/mol. The van der Waals surface area contributed by atoms with Crippen LogP contribution in [-0.2, 0) is 60.0 Å². The maximum absolute atomic E-state index is 16.9. The van der Waals surface area contributed by atoms with Gasteiger partial charge in [-0.3, -0.25) is 24.6 Å². The van der Waals surface area contributed by atoms with Gasteiger partial charge in [0.25, 0.3) is 5.91 Å². The quantitative estimate of drug-likeness (QED) is 0.113. The van der Waals surface area contributed by atoms with Crippen LogP contribution in [0.15, 0.2) is 48.5 Å². The van der Waals surface area contributed by atoms with Crippen LogP contribution in [0.4, 0.5) is 20.3 Å². The van der Waals surface area contributed by atoms with E-state index in [2.05, 4.69) is 37.3 Å². The van der Waals surface area contributed by atoms with E-state index in [9.17, 15) is 18.8 Å². The van der Waals surface area contributed by atoms with Gasteiger partial charge in [-0.25, -0.2) is 13.8 Å². The number of anilines is 2. The number of ether oxygens (including phenoxy) is 2. The number of nitrogens with one attached hydrogen (secondary N) is 1. The Hall–Kier alpha value is -5.22. The number of hydrogen-bond donors (Lipinski definition) is 2. The second-order valence-corrected chi connectivity index (χ2v) is 21.8. The van der Waals surface area contributed by atoms with E-state index in [1.165, 1.54) is 43.9 Å². The number of halogens is 2. The molecule has 0 bridgehead atoms. The first-order chi connectivity index (χ1) is 37.1. The van der Waals surface area contributed by atoms with Crippen molar-refractivity contribution in [2.24, 2.45) is 11.8 Å². The number of nitrogens with zero attached hydrogens (tertiary/aromatic N) is 8. The average Bonchev–Trinajstić information content (AvgIpc) is 4.05. The summed E-state index contributed by atoms with van der Waals surface area (Å²) < 4.78 is 44.1. The Morgan fingerprint density at radius 2 is 1.64 bits per heavy atom. The summed E-state index contributed by atoms with van der Waals surface area (Å²) in [7, 11) is 1.00. The second kappa shape index (κ2) is 24.0. The van der Waals surface area contributed by atoms with Gasteiger partial charge in [-0.15, -0.1) is 19.5 Å². The fourth-order valence-corrected chi connectivity index (χ4v) is 13.5. The minimum absolute atomic E-state index is 0. The third-order valence-corrected chi connectivity index (χ3v) is 17.5. The molecule has 0 aliphatic carbocycles. The van der Waals surface area contributed by atoms with Crippen LogP contribution in [0.3, 0.4) is 0 Å². The number of aliphatic hydroxyl groups is 1. The predicted octanol–water partition coefficient (Wildman–Crippen LogP) is 8.10. The van der Waals surface area contributed by atoms with E-state index in [4.69, 9.17) is 36.0 Å². The van der Waals surface area contributed by atoms with Crippen LogP contribution in [0, 0.1) is 35.8 Å². The summed E-state index contributed by atoms with van der Waals surface area (Å²) in [6.45, 7) is 9.29. The summed E-state index contributed by atoms with van der Waals surface area (Å²) in [5.74, 6) is 2.99. The van der Waals surface area contributed by atoms with Crippen molar-refractivity contribution in [2.75, 3.05) is 82.5 Å². The average molecular weight is 1130 g/mol. The summed E-state index contributed by atoms with van der Waals surface area (Å²) in [5, 5.41) is 15.6. The first kappa shape index (κ1) is 55.1. The molecule has 10 heterocycles. The van der Waals surface area contributed by atoms with Crippen molar-refractivity contribution in [1.29, 1.82) is 0 Å². The van der Waals surface area contributed by atoms with E-state index in [0.29, 0.717) is 78.0 Å². The maximum Gasteiger partial charge on any atom is 0.319 e. The number of aliphatic hydroxyl groups excluding tert-OH is 1. The summed E-state index contributed by atoms with van der Waals surface area (Å²) in [5.41, 5.74) is 4.37. The number of hydrogen-bond acceptors (Lipinski definition) is 12. The number of carbonyl (C=O) groups is 3. The second-order valence-electron chi connectivity index (χ2n) is 21.8. The number of amides is 3. The minimum atomic E-state index is -0.585. The van der Waals surface area contributed by atoms with E-state index in [1.54, 1.807) is 17.0 Å². The molecule has 77 heavy (non-hydrogen) atoms. The summed E-state index contributed by atoms with van der Waals surface area (Å²) in [4.78, 5) is 60.0. The molecule has 2 aromatic heterocycles. The molecule has 8 aliphatic rings. The van der Waals surface area contributed by atoms with Crippen molar-refractivity contribution in [3.8, 4) is 29.6 Å². The molecule has 2 N–H and O–H groups in total. The number of benzene rings is 3. The standard InChI is InChI=1S/C34H33F2N5O2.C24H31N4O3.CH4O.Y/c1-2-23-25(35)11-9-21-7-3-8-24(27(21)23)30-29(36)31-28-26(37-30)12-10-22-19-42-18-6-17-41(22)32(28)39-33(38-31)43-20-34-13-4-15-40(34)16-5-14-34;29-22-4-3-21(23(30)26-22)28-15-18-14-19(1-2-20(18)24(28)31)27-11-7-17(8-12-27)13-16-5-9-25-10-6-16;1-2;/h1,3,7-9,11,22H,4-6,10,12-20H2;1-2,14,16-17,21H,3-13,15H2,(H,26,29,30);2H,1H3;/q;-1;;. The predicted molar refractivity (Wildman–Crippen MR) is 287 cm³/mol. The molecule has 5 aromatic rings. The molecule has 3 aromatic carbocycles. The molecule has 403 valence electrons. The van der Waals surface area contributed by atoms with E-state index in [1.807, 2.05) is 24.3 Å². The number of fused-ring (bicyclic) bond motifs is 5. The van der Waals surface area contributed by atoms with Crippen LogP contribution in [0.5, 0.6) is 6.01 Å². The molecule has 0 saturated carbocycles. The number of imide groups is 1. The van der Waals surface area contributed by atoms with E-state index in [-0.39, 0.29) is 91.2 Å². The summed E-state index contributed by atoms with van der Waals surface area (Å²) in [6.07, 6.45) is 19.5. The number of terminal acetylenes is 1. The van der Waals surface area contributed by atoms with Crippen molar-refractivity contribution in [2.45, 2.75) is 114 Å². The molecular formula is C59H68F2N9O6Y-. The Labute approximate surface area is 474 Å². The van der Waals surface area contributed by atoms with Crippen LogP contribution >= 0.6 is 0 Å². The Bertz CT molecular complexity index is 3060. The number of carbonyl (C=O) groups excluding carboxylic acids is 3. The minimum Gasteiger partial charge on any atom is -0.662 e. The van der Waals surface area contributed by atoms with E-state index >= 15 is 4.39 Å². The van der Waals surface area contributed by atoms with Crippen LogP contribution in [-0.4, -0.2) is 138 Å². The third kappa shape index (κ3) is 11.0. The molecule has 6 saturated heterocycles. The van der Waals surface area contributed by atoms with Crippen molar-refractivity contribution >= 4 is 50.9 Å². The molecule has 15 nitrogen and oxygen atoms in total. The number of pyridine rings is 1. The van der Waals surface area contributed by atoms with Crippen molar-refractivity contribution in [3.05, 3.63) is 87.9 Å². The zero-order valence-corrected chi connectivity index (χ0v) is 46.9. The Kier molecular flexibility index (Phi) is 17.2. The van der Waals surface area contributed by atoms with Crippen LogP contribution in [0.25, 0.3) is 38.2 Å². The van der Waals surface area contributed by atoms with Crippen LogP contribution < -0.4 is 19.9 Å². The molecule has 18 heteroatoms. The SMILES string of the molecule is C#Cc1c(F)ccc2cccc(-c3nc4c5c(nc(OCC67CCCN6CCC7)nc5c3F)N3CCCOCC3CC4)c12.CO.O=C1CCC(N2Cc3cc(N4CCC(CC5CC[N-]CC5)CC4)ccc3C2=O)C(=O)N1.[Y]. The Balaban J connectivity index is 0.000000176. The monoisotopic (exact) mass is 1130 g/mol. The van der Waals surface area contributed by atoms with Gasteiger partial charge in [0.2, 0.25) is 11.8 Å². The fraction of sp³-hybridized carbons (Fsp3) is 0.525. The normalized spacial score (nSPS) is 22.3. The largest absolute Gasteiger partial charge is 0.662 e. The molecule has 8 aliphatic heterocycles. The van der Waals surface area contributed by atoms with E-state index in [0.717, 1.165) is 109 Å². The van der Waals surface area contributed by atoms with Gasteiger partial charge in [0, 0.05) is 101 Å².